The van der Waals surface area contributed by atoms with E-state index in [1.165, 1.54) is 0 Å². The predicted octanol–water partition coefficient (Wildman–Crippen LogP) is -19.5. The van der Waals surface area contributed by atoms with E-state index in [9.17, 15) is 0 Å². The van der Waals surface area contributed by atoms with Crippen molar-refractivity contribution in [3.8, 4) is 0 Å². The van der Waals surface area contributed by atoms with Gasteiger partial charge in [-0.15, -0.1) is 0 Å². The first kappa shape index (κ1) is 118. The van der Waals surface area contributed by atoms with E-state index >= 15 is 0 Å². The average Bonchev–Trinajstić information content (AvgIpc) is 0.811. The van der Waals surface area contributed by atoms with Gasteiger partial charge in [0.15, 0.2) is 0 Å². The molecule has 0 radical (unpaired) electrons. The Morgan fingerprint density at radius 2 is 0.400 bits per heavy atom. The molecule has 0 amide bonds. The Hall–Kier alpha value is 4.53. The summed E-state index contributed by atoms with van der Waals surface area (Å²) in [5, 5.41) is 25.2. The van der Waals surface area contributed by atoms with Crippen molar-refractivity contribution in [2.45, 2.75) is 0 Å². The van der Waals surface area contributed by atoms with Crippen LogP contribution in [0, 0.1) is 0 Å². The zero-order valence-electron chi connectivity index (χ0n) is 8.80. The summed E-state index contributed by atoms with van der Waals surface area (Å²) in [4.78, 5) is 0. The summed E-state index contributed by atoms with van der Waals surface area (Å²) >= 11 is 0. The Balaban J connectivity index is -0.000000000818. The fourth-order valence-corrected chi connectivity index (χ4v) is 0. The first-order valence-corrected chi connectivity index (χ1v) is 0.707. The van der Waals surface area contributed by atoms with E-state index < -0.39 is 7.32 Å². The second-order valence-electron chi connectivity index (χ2n) is 0.289. The van der Waals surface area contributed by atoms with Crippen molar-refractivity contribution in [3.05, 3.63) is 0 Å². The summed E-state index contributed by atoms with van der Waals surface area (Å²) in [7, 11) is -2.92. The molecule has 0 aliphatic carbocycles. The van der Waals surface area contributed by atoms with Gasteiger partial charge in [0.1, 0.15) is 0 Å². The number of rotatable bonds is 0. The van der Waals surface area contributed by atoms with Crippen LogP contribution in [0.2, 0.25) is 0 Å². The third kappa shape index (κ3) is 246. The van der Waals surface area contributed by atoms with Crippen LogP contribution in [0.1, 0.15) is 0 Å². The van der Waals surface area contributed by atoms with Crippen molar-refractivity contribution in [2.75, 3.05) is 0 Å². The molecule has 15 heavy (non-hydrogen) atoms. The van der Waals surface area contributed by atoms with Gasteiger partial charge in [-0.25, -0.2) is 0 Å². The second kappa shape index (κ2) is 100. The molecule has 88 valence electrons. The van der Waals surface area contributed by atoms with Crippen LogP contribution in [0.15, 0.2) is 0 Å². The van der Waals surface area contributed by atoms with Crippen molar-refractivity contribution in [1.29, 1.82) is 0 Å². The van der Waals surface area contributed by atoms with Crippen LogP contribution in [-0.2, 0) is 0 Å². The first-order valence-electron chi connectivity index (χ1n) is 0.707. The molecule has 0 saturated heterocycles. The minimum Gasteiger partial charge on any atom is -0.907 e. The van der Waals surface area contributed by atoms with Crippen molar-refractivity contribution < 1.29 is 213 Å². The molecule has 0 bridgehead atoms. The van der Waals surface area contributed by atoms with E-state index in [4.69, 9.17) is 15.1 Å². The van der Waals surface area contributed by atoms with Gasteiger partial charge >= 0.3 is 154 Å². The van der Waals surface area contributed by atoms with Crippen molar-refractivity contribution in [1.82, 2.24) is 0 Å². The summed E-state index contributed by atoms with van der Waals surface area (Å²) in [6, 6.07) is 0. The van der Waals surface area contributed by atoms with Gasteiger partial charge in [0, 0.05) is 0 Å². The normalized spacial score (nSPS) is 1.80. The van der Waals surface area contributed by atoms with E-state index in [1.807, 2.05) is 0 Å². The van der Waals surface area contributed by atoms with E-state index in [2.05, 4.69) is 0 Å². The topological polar surface area (TPSA) is 321 Å². The smallest absolute Gasteiger partial charge is 0.907 e. The van der Waals surface area contributed by atoms with Crippen LogP contribution < -0.4 is 169 Å². The minimum absolute atomic E-state index is 0. The van der Waals surface area contributed by atoms with Crippen molar-refractivity contribution in [3.63, 3.8) is 0 Å². The fraction of sp³-hybridized carbons (Fsp3) is 0. The summed E-state index contributed by atoms with van der Waals surface area (Å²) in [5.74, 6) is 0. The molecule has 0 fully saturated rings. The van der Waals surface area contributed by atoms with E-state index in [0.29, 0.717) is 0 Å². The Morgan fingerprint density at radius 1 is 0.400 bits per heavy atom. The SMILES string of the molecule is O.O.O.O.O.O.O.O.[K+].[K+].[K+].[O-]B([O-])[O-]. The Bertz CT molecular complexity index is 20.5. The zero-order chi connectivity index (χ0) is 3.58. The standard InChI is InChI=1S/BO3.3K.8H2O/c2-1(3)4;;;;;;;;;;;/h;;;;8*1H2/q-3;3*+1;;;;;;;;. The maximum absolute atomic E-state index is 8.42. The van der Waals surface area contributed by atoms with Crippen LogP contribution >= 0.6 is 0 Å². The van der Waals surface area contributed by atoms with Gasteiger partial charge in [-0.2, -0.15) is 0 Å². The van der Waals surface area contributed by atoms with Crippen LogP contribution in [0.5, 0.6) is 0 Å². The Morgan fingerprint density at radius 3 is 0.400 bits per heavy atom. The molecule has 0 saturated carbocycles. The summed E-state index contributed by atoms with van der Waals surface area (Å²) in [6.45, 7) is 0. The average molecular weight is 320 g/mol. The number of hydrogen-bond acceptors (Lipinski definition) is 3. The molecule has 15 heteroatoms. The van der Waals surface area contributed by atoms with Crippen LogP contribution in [-0.4, -0.2) is 51.1 Å². The maximum atomic E-state index is 8.42. The molecule has 0 spiro atoms. The largest absolute Gasteiger partial charge is 1.00 e. The van der Waals surface area contributed by atoms with Gasteiger partial charge in [0.05, 0.1) is 0 Å². The van der Waals surface area contributed by atoms with Crippen LogP contribution in [0.25, 0.3) is 0 Å². The predicted molar refractivity (Wildman–Crippen MR) is 34.7 cm³/mol. The third-order valence-corrected chi connectivity index (χ3v) is 0. The van der Waals surface area contributed by atoms with Crippen LogP contribution in [0.3, 0.4) is 0 Å². The van der Waals surface area contributed by atoms with Crippen molar-refractivity contribution >= 4 is 7.32 Å². The molecule has 0 aromatic rings. The van der Waals surface area contributed by atoms with E-state index in [1.54, 1.807) is 0 Å². The molecule has 0 aromatic heterocycles. The molecular weight excluding hydrogens is 304 g/mol. The van der Waals surface area contributed by atoms with Gasteiger partial charge < -0.3 is 58.9 Å². The molecule has 0 aliphatic heterocycles. The molecule has 11 nitrogen and oxygen atoms in total. The molecule has 16 N–H and O–H groups in total. The fourth-order valence-electron chi connectivity index (χ4n) is 0. The monoisotopic (exact) mass is 320 g/mol. The Labute approximate surface area is 214 Å². The molecule has 0 aliphatic rings. The Kier molecular flexibility index (Phi) is 791. The van der Waals surface area contributed by atoms with Crippen molar-refractivity contribution in [2.24, 2.45) is 0 Å². The van der Waals surface area contributed by atoms with E-state index in [0.717, 1.165) is 0 Å². The van der Waals surface area contributed by atoms with Gasteiger partial charge in [-0.3, -0.25) is 7.32 Å². The van der Waals surface area contributed by atoms with Gasteiger partial charge in [0.2, 0.25) is 0 Å². The maximum Gasteiger partial charge on any atom is 1.00 e. The van der Waals surface area contributed by atoms with E-state index in [-0.39, 0.29) is 198 Å². The first-order chi connectivity index (χ1) is 1.73. The minimum atomic E-state index is -2.92. The summed E-state index contributed by atoms with van der Waals surface area (Å²) in [6.07, 6.45) is 0. The second-order valence-corrected chi connectivity index (χ2v) is 0.289. The molecule has 0 unspecified atom stereocenters. The molecule has 0 rings (SSSR count). The van der Waals surface area contributed by atoms with Gasteiger partial charge in [-0.05, 0) is 0 Å². The molecule has 0 aromatic carbocycles. The number of hydrogen-bond donors (Lipinski definition) is 0. The van der Waals surface area contributed by atoms with Gasteiger partial charge in [0.25, 0.3) is 0 Å². The molecule has 0 atom stereocenters. The summed E-state index contributed by atoms with van der Waals surface area (Å²) in [5.41, 5.74) is 0. The third-order valence-electron chi connectivity index (χ3n) is 0. The molecule has 0 heterocycles. The summed E-state index contributed by atoms with van der Waals surface area (Å²) < 4.78 is 0. The molecular formula is H16BK3O11. The zero-order valence-corrected chi connectivity index (χ0v) is 18.2. The van der Waals surface area contributed by atoms with Gasteiger partial charge in [-0.1, -0.05) is 0 Å². The quantitative estimate of drug-likeness (QED) is 0.392. The van der Waals surface area contributed by atoms with Crippen LogP contribution in [0.4, 0.5) is 0 Å².